The summed E-state index contributed by atoms with van der Waals surface area (Å²) in [4.78, 5) is 10.1. The third-order valence-electron chi connectivity index (χ3n) is 1.40. The minimum Gasteiger partial charge on any atom is -0.870 e. The van der Waals surface area contributed by atoms with E-state index in [9.17, 15) is 9.90 Å². The van der Waals surface area contributed by atoms with E-state index in [4.69, 9.17) is 10.2 Å². The minimum absolute atomic E-state index is 0.382. The van der Waals surface area contributed by atoms with Gasteiger partial charge in [0.2, 0.25) is 0 Å². The zero-order chi connectivity index (χ0) is 9.84. The molecule has 68 valence electrons. The summed E-state index contributed by atoms with van der Waals surface area (Å²) in [6.45, 7) is 0. The van der Waals surface area contributed by atoms with Crippen LogP contribution < -0.4 is 5.11 Å². The lowest BCUT2D eigenvalue weighted by Crippen LogP contribution is -1.90. The summed E-state index contributed by atoms with van der Waals surface area (Å²) in [6, 6.07) is 3.82. The highest BCUT2D eigenvalue weighted by Crippen LogP contribution is 2.22. The quantitative estimate of drug-likeness (QED) is 0.650. The van der Waals surface area contributed by atoms with Gasteiger partial charge in [0.15, 0.2) is 0 Å². The molecule has 0 aliphatic rings. The first kappa shape index (κ1) is 9.12. The first-order valence-electron chi connectivity index (χ1n) is 3.50. The maximum atomic E-state index is 10.7. The summed E-state index contributed by atoms with van der Waals surface area (Å²) in [5.41, 5.74) is 0.472. The zero-order valence-electron chi connectivity index (χ0n) is 6.60. The van der Waals surface area contributed by atoms with Crippen LogP contribution in [0.25, 0.3) is 6.08 Å². The minimum atomic E-state index is -1.08. The molecule has 0 fully saturated rings. The third kappa shape index (κ3) is 2.52. The van der Waals surface area contributed by atoms with Gasteiger partial charge in [0.1, 0.15) is 5.75 Å². The molecule has 0 amide bonds. The van der Waals surface area contributed by atoms with Crippen molar-refractivity contribution < 1.29 is 20.1 Å². The summed E-state index contributed by atoms with van der Waals surface area (Å²) >= 11 is 0. The lowest BCUT2D eigenvalue weighted by atomic mass is 10.2. The van der Waals surface area contributed by atoms with Gasteiger partial charge in [0, 0.05) is 6.08 Å². The Kier molecular flexibility index (Phi) is 2.54. The molecule has 2 N–H and O–H groups in total. The molecule has 0 aromatic heterocycles. The first-order valence-corrected chi connectivity index (χ1v) is 3.50. The van der Waals surface area contributed by atoms with Crippen molar-refractivity contribution in [3.63, 3.8) is 0 Å². The van der Waals surface area contributed by atoms with Gasteiger partial charge in [-0.05, 0) is 17.7 Å². The molecule has 0 aliphatic carbocycles. The molecule has 4 nitrogen and oxygen atoms in total. The Hall–Kier alpha value is -1.97. The van der Waals surface area contributed by atoms with Crippen LogP contribution >= 0.6 is 0 Å². The maximum absolute atomic E-state index is 10.7. The summed E-state index contributed by atoms with van der Waals surface area (Å²) in [7, 11) is 0. The standard InChI is InChI=1S/C9H8O4/c10-7-3-1-6(5-8(7)11)2-4-9(12)13/h1-5,10-11H,(H,12,13)/p-1/b4-2-. The molecule has 0 spiro atoms. The number of carboxylic acids is 1. The van der Waals surface area contributed by atoms with Gasteiger partial charge >= 0.3 is 5.97 Å². The van der Waals surface area contributed by atoms with E-state index in [2.05, 4.69) is 0 Å². The Labute approximate surface area is 74.4 Å². The van der Waals surface area contributed by atoms with Gasteiger partial charge in [-0.25, -0.2) is 4.79 Å². The van der Waals surface area contributed by atoms with E-state index in [1.165, 1.54) is 24.3 Å². The van der Waals surface area contributed by atoms with Gasteiger partial charge in [-0.15, -0.1) is 0 Å². The largest absolute Gasteiger partial charge is 0.870 e. The lowest BCUT2D eigenvalue weighted by molar-refractivity contribution is -0.270. The Morgan fingerprint density at radius 1 is 1.46 bits per heavy atom. The number of benzene rings is 1. The fourth-order valence-electron chi connectivity index (χ4n) is 0.806. The van der Waals surface area contributed by atoms with Crippen LogP contribution in [0.4, 0.5) is 0 Å². The van der Waals surface area contributed by atoms with Crippen LogP contribution in [0.2, 0.25) is 0 Å². The predicted molar refractivity (Wildman–Crippen MR) is 44.2 cm³/mol. The van der Waals surface area contributed by atoms with Crippen molar-refractivity contribution in [2.24, 2.45) is 0 Å². The van der Waals surface area contributed by atoms with Crippen LogP contribution in [0.1, 0.15) is 5.56 Å². The van der Waals surface area contributed by atoms with Gasteiger partial charge in [-0.1, -0.05) is 17.9 Å². The van der Waals surface area contributed by atoms with Crippen LogP contribution in [0, 0.1) is 0 Å². The average Bonchev–Trinajstić information content (AvgIpc) is 2.07. The average molecular weight is 179 g/mol. The van der Waals surface area contributed by atoms with E-state index in [1.807, 2.05) is 0 Å². The van der Waals surface area contributed by atoms with Crippen molar-refractivity contribution in [2.45, 2.75) is 0 Å². The Balaban J connectivity index is 2.92. The number of aliphatic carboxylic acids is 1. The summed E-state index contributed by atoms with van der Waals surface area (Å²) in [5.74, 6) is -1.94. The second-order valence-corrected chi connectivity index (χ2v) is 2.40. The molecule has 13 heavy (non-hydrogen) atoms. The zero-order valence-corrected chi connectivity index (χ0v) is 6.60. The fraction of sp³-hybridized carbons (Fsp3) is 0. The van der Waals surface area contributed by atoms with Gasteiger partial charge in [-0.3, -0.25) is 0 Å². The molecular weight excluding hydrogens is 172 g/mol. The lowest BCUT2D eigenvalue weighted by Gasteiger charge is -2.07. The number of hydrogen-bond acceptors (Lipinski definition) is 3. The Morgan fingerprint density at radius 2 is 2.15 bits per heavy atom. The van der Waals surface area contributed by atoms with Gasteiger partial charge in [0.25, 0.3) is 0 Å². The third-order valence-corrected chi connectivity index (χ3v) is 1.40. The van der Waals surface area contributed by atoms with Crippen LogP contribution in [0.15, 0.2) is 24.3 Å². The van der Waals surface area contributed by atoms with E-state index in [1.54, 1.807) is 0 Å². The fourth-order valence-corrected chi connectivity index (χ4v) is 0.806. The summed E-state index contributed by atoms with van der Waals surface area (Å²) in [5, 5.41) is 28.0. The van der Waals surface area contributed by atoms with Crippen LogP contribution in [0.5, 0.6) is 11.5 Å². The molecule has 0 bridgehead atoms. The first-order chi connectivity index (χ1) is 6.09. The van der Waals surface area contributed by atoms with E-state index in [-0.39, 0.29) is 5.75 Å². The van der Waals surface area contributed by atoms with Crippen LogP contribution in [-0.4, -0.2) is 16.2 Å². The molecule has 0 aliphatic heterocycles. The molecule has 0 saturated heterocycles. The number of carboxylic acid groups (broad SMARTS) is 1. The molecule has 0 radical (unpaired) electrons. The number of aromatic hydroxyl groups is 1. The summed E-state index contributed by atoms with van der Waals surface area (Å²) < 4.78 is 0. The number of carbonyl (C=O) groups is 1. The second kappa shape index (κ2) is 3.62. The Morgan fingerprint density at radius 3 is 2.69 bits per heavy atom. The number of hydrogen-bond donors (Lipinski definition) is 2. The molecule has 1 rings (SSSR count). The second-order valence-electron chi connectivity index (χ2n) is 2.40. The van der Waals surface area contributed by atoms with Crippen LogP contribution in [0.3, 0.4) is 0 Å². The van der Waals surface area contributed by atoms with E-state index in [0.717, 1.165) is 6.08 Å². The monoisotopic (exact) mass is 179 g/mol. The molecule has 4 heteroatoms. The van der Waals surface area contributed by atoms with Crippen molar-refractivity contribution in [1.82, 2.24) is 0 Å². The molecule has 0 atom stereocenters. The van der Waals surface area contributed by atoms with E-state index >= 15 is 0 Å². The van der Waals surface area contributed by atoms with Gasteiger partial charge in [0.05, 0.1) is 0 Å². The predicted octanol–water partition coefficient (Wildman–Crippen LogP) is 0.564. The molecule has 0 heterocycles. The van der Waals surface area contributed by atoms with Crippen LogP contribution in [-0.2, 0) is 4.79 Å². The normalized spacial score (nSPS) is 10.5. The van der Waals surface area contributed by atoms with E-state index < -0.39 is 11.7 Å². The maximum Gasteiger partial charge on any atom is 0.328 e. The number of rotatable bonds is 2. The van der Waals surface area contributed by atoms with Crippen molar-refractivity contribution in [3.05, 3.63) is 29.8 Å². The highest BCUT2D eigenvalue weighted by molar-refractivity contribution is 5.85. The topological polar surface area (TPSA) is 80.6 Å². The SMILES string of the molecule is O=C(O)/C=C\c1ccc([O-])c(O)c1. The van der Waals surface area contributed by atoms with Crippen molar-refractivity contribution >= 4 is 12.0 Å². The molecule has 1 aromatic rings. The smallest absolute Gasteiger partial charge is 0.328 e. The number of phenolic OH excluding ortho intramolecular Hbond substituents is 1. The van der Waals surface area contributed by atoms with Crippen molar-refractivity contribution in [3.8, 4) is 11.5 Å². The number of phenols is 1. The Bertz CT molecular complexity index is 355. The molecule has 0 saturated carbocycles. The van der Waals surface area contributed by atoms with Crippen molar-refractivity contribution in [2.75, 3.05) is 0 Å². The van der Waals surface area contributed by atoms with E-state index in [0.29, 0.717) is 5.56 Å². The van der Waals surface area contributed by atoms with Gasteiger partial charge < -0.3 is 15.3 Å². The molecular formula is C9H7O4-. The molecule has 0 unspecified atom stereocenters. The summed E-state index contributed by atoms with van der Waals surface area (Å²) in [6.07, 6.45) is 2.22. The van der Waals surface area contributed by atoms with Crippen molar-refractivity contribution in [1.29, 1.82) is 0 Å². The van der Waals surface area contributed by atoms with Gasteiger partial charge in [-0.2, -0.15) is 0 Å². The highest BCUT2D eigenvalue weighted by Gasteiger charge is 1.92. The molecule has 1 aromatic carbocycles. The highest BCUT2D eigenvalue weighted by atomic mass is 16.4.